The fourth-order valence-corrected chi connectivity index (χ4v) is 1.74. The van der Waals surface area contributed by atoms with Crippen LogP contribution in [0.4, 0.5) is 5.13 Å². The van der Waals surface area contributed by atoms with Gasteiger partial charge in [-0.2, -0.15) is 4.37 Å². The smallest absolute Gasteiger partial charge is 0.229 e. The molecule has 1 fully saturated rings. The zero-order valence-electron chi connectivity index (χ0n) is 8.32. The minimum atomic E-state index is 0.0144. The van der Waals surface area contributed by atoms with Crippen LogP contribution in [0.25, 0.3) is 0 Å². The molecule has 0 bridgehead atoms. The Morgan fingerprint density at radius 1 is 1.53 bits per heavy atom. The van der Waals surface area contributed by atoms with Gasteiger partial charge in [-0.3, -0.25) is 9.59 Å². The molecule has 0 unspecified atom stereocenters. The Labute approximate surface area is 91.1 Å². The molecule has 0 aromatic carbocycles. The van der Waals surface area contributed by atoms with E-state index in [1.165, 1.54) is 6.92 Å². The summed E-state index contributed by atoms with van der Waals surface area (Å²) in [7, 11) is 0. The van der Waals surface area contributed by atoms with Crippen molar-refractivity contribution < 1.29 is 9.59 Å². The summed E-state index contributed by atoms with van der Waals surface area (Å²) in [4.78, 5) is 26.2. The lowest BCUT2D eigenvalue weighted by Crippen LogP contribution is -2.13. The highest BCUT2D eigenvalue weighted by Gasteiger charge is 2.30. The highest BCUT2D eigenvalue weighted by Crippen LogP contribution is 2.30. The molecule has 6 heteroatoms. The van der Waals surface area contributed by atoms with Crippen LogP contribution < -0.4 is 5.32 Å². The molecule has 1 aromatic rings. The maximum atomic E-state index is 11.4. The van der Waals surface area contributed by atoms with Gasteiger partial charge in [0.15, 0.2) is 5.82 Å². The Morgan fingerprint density at radius 3 is 2.87 bits per heavy atom. The summed E-state index contributed by atoms with van der Waals surface area (Å²) in [6.45, 7) is 1.49. The molecule has 0 radical (unpaired) electrons. The molecule has 1 heterocycles. The molecule has 1 amide bonds. The summed E-state index contributed by atoms with van der Waals surface area (Å²) in [5.41, 5.74) is 0. The number of rotatable bonds is 4. The highest BCUT2D eigenvalue weighted by molar-refractivity contribution is 7.09. The van der Waals surface area contributed by atoms with Gasteiger partial charge in [-0.15, -0.1) is 0 Å². The summed E-state index contributed by atoms with van der Waals surface area (Å²) in [5, 5.41) is 3.18. The number of Topliss-reactive ketones (excluding diaryl/α,β-unsaturated/α-hetero) is 1. The molecule has 5 nitrogen and oxygen atoms in total. The third-order valence-corrected chi connectivity index (χ3v) is 2.72. The van der Waals surface area contributed by atoms with Crippen LogP contribution >= 0.6 is 11.5 Å². The molecular weight excluding hydrogens is 214 g/mol. The van der Waals surface area contributed by atoms with Crippen LogP contribution in [0.2, 0.25) is 0 Å². The zero-order chi connectivity index (χ0) is 10.8. The number of anilines is 1. The SMILES string of the molecule is CC(=O)Cc1nsc(NC(=O)C2CC2)n1. The monoisotopic (exact) mass is 225 g/mol. The fourth-order valence-electron chi connectivity index (χ4n) is 1.15. The topological polar surface area (TPSA) is 72.0 Å². The lowest BCUT2D eigenvalue weighted by atomic mass is 10.3. The molecule has 1 aromatic heterocycles. The van der Waals surface area contributed by atoms with E-state index in [9.17, 15) is 9.59 Å². The van der Waals surface area contributed by atoms with Crippen molar-refractivity contribution in [3.8, 4) is 0 Å². The first-order chi connectivity index (χ1) is 7.15. The van der Waals surface area contributed by atoms with Gasteiger partial charge >= 0.3 is 0 Å². The van der Waals surface area contributed by atoms with Crippen LogP contribution in [0.15, 0.2) is 0 Å². The molecule has 2 rings (SSSR count). The van der Waals surface area contributed by atoms with E-state index in [4.69, 9.17) is 0 Å². The summed E-state index contributed by atoms with van der Waals surface area (Å²) >= 11 is 1.12. The zero-order valence-corrected chi connectivity index (χ0v) is 9.13. The Kier molecular flexibility index (Phi) is 2.77. The third kappa shape index (κ3) is 2.82. The van der Waals surface area contributed by atoms with Gasteiger partial charge in [0.25, 0.3) is 0 Å². The molecule has 0 atom stereocenters. The summed E-state index contributed by atoms with van der Waals surface area (Å²) in [6, 6.07) is 0. The second kappa shape index (κ2) is 4.06. The Morgan fingerprint density at radius 2 is 2.27 bits per heavy atom. The molecule has 1 saturated carbocycles. The van der Waals surface area contributed by atoms with Gasteiger partial charge in [-0.25, -0.2) is 4.98 Å². The van der Waals surface area contributed by atoms with Crippen LogP contribution in [0.1, 0.15) is 25.6 Å². The molecular formula is C9H11N3O2S. The van der Waals surface area contributed by atoms with Crippen LogP contribution in [-0.4, -0.2) is 21.0 Å². The predicted molar refractivity (Wildman–Crippen MR) is 55.6 cm³/mol. The van der Waals surface area contributed by atoms with E-state index in [1.54, 1.807) is 0 Å². The first kappa shape index (κ1) is 10.2. The summed E-state index contributed by atoms with van der Waals surface area (Å²) < 4.78 is 3.98. The quantitative estimate of drug-likeness (QED) is 0.830. The first-order valence-corrected chi connectivity index (χ1v) is 5.55. The molecule has 1 aliphatic carbocycles. The van der Waals surface area contributed by atoms with Crippen molar-refractivity contribution in [1.29, 1.82) is 0 Å². The number of amides is 1. The number of hydrogen-bond acceptors (Lipinski definition) is 5. The Balaban J connectivity index is 1.94. The lowest BCUT2D eigenvalue weighted by Gasteiger charge is -1.96. The van der Waals surface area contributed by atoms with Crippen molar-refractivity contribution in [2.45, 2.75) is 26.2 Å². The van der Waals surface area contributed by atoms with Gasteiger partial charge in [0.2, 0.25) is 11.0 Å². The van der Waals surface area contributed by atoms with E-state index in [2.05, 4.69) is 14.7 Å². The van der Waals surface area contributed by atoms with Crippen LogP contribution in [0.5, 0.6) is 0 Å². The van der Waals surface area contributed by atoms with Gasteiger partial charge in [-0.05, 0) is 19.8 Å². The summed E-state index contributed by atoms with van der Waals surface area (Å²) in [5.74, 6) is 0.678. The Bertz CT molecular complexity index is 398. The molecule has 15 heavy (non-hydrogen) atoms. The lowest BCUT2D eigenvalue weighted by molar-refractivity contribution is -0.117. The van der Waals surface area contributed by atoms with Gasteiger partial charge in [-0.1, -0.05) is 0 Å². The van der Waals surface area contributed by atoms with Gasteiger partial charge < -0.3 is 5.32 Å². The standard InChI is InChI=1S/C9H11N3O2S/c1-5(13)4-7-10-9(15-12-7)11-8(14)6-2-3-6/h6H,2-4H2,1H3,(H,10,11,12,14). The second-order valence-corrected chi connectivity index (χ2v) is 4.41. The number of carbonyl (C=O) groups excluding carboxylic acids is 2. The third-order valence-electron chi connectivity index (χ3n) is 2.05. The molecule has 80 valence electrons. The molecule has 1 N–H and O–H groups in total. The molecule has 0 aliphatic heterocycles. The first-order valence-electron chi connectivity index (χ1n) is 4.78. The average molecular weight is 225 g/mol. The molecule has 0 spiro atoms. The molecule has 0 saturated heterocycles. The number of hydrogen-bond donors (Lipinski definition) is 1. The normalized spacial score (nSPS) is 15.0. The van der Waals surface area contributed by atoms with Crippen LogP contribution in [0.3, 0.4) is 0 Å². The largest absolute Gasteiger partial charge is 0.300 e. The van der Waals surface area contributed by atoms with Crippen molar-refractivity contribution in [3.05, 3.63) is 5.82 Å². The van der Waals surface area contributed by atoms with Crippen molar-refractivity contribution >= 4 is 28.4 Å². The van der Waals surface area contributed by atoms with Crippen molar-refractivity contribution in [2.75, 3.05) is 5.32 Å². The van der Waals surface area contributed by atoms with E-state index in [-0.39, 0.29) is 24.0 Å². The Hall–Kier alpha value is -1.30. The van der Waals surface area contributed by atoms with E-state index in [0.717, 1.165) is 24.4 Å². The fraction of sp³-hybridized carbons (Fsp3) is 0.556. The minimum absolute atomic E-state index is 0.0144. The maximum absolute atomic E-state index is 11.4. The van der Waals surface area contributed by atoms with Gasteiger partial charge in [0.1, 0.15) is 5.78 Å². The van der Waals surface area contributed by atoms with Gasteiger partial charge in [0.05, 0.1) is 6.42 Å². The van der Waals surface area contributed by atoms with E-state index < -0.39 is 0 Å². The second-order valence-electron chi connectivity index (χ2n) is 3.66. The number of nitrogens with one attached hydrogen (secondary N) is 1. The minimum Gasteiger partial charge on any atom is -0.300 e. The van der Waals surface area contributed by atoms with Crippen molar-refractivity contribution in [2.24, 2.45) is 5.92 Å². The van der Waals surface area contributed by atoms with Crippen LogP contribution in [0, 0.1) is 5.92 Å². The molecule has 1 aliphatic rings. The van der Waals surface area contributed by atoms with E-state index >= 15 is 0 Å². The van der Waals surface area contributed by atoms with E-state index in [0.29, 0.717) is 11.0 Å². The summed E-state index contributed by atoms with van der Waals surface area (Å²) in [6.07, 6.45) is 2.16. The van der Waals surface area contributed by atoms with Crippen molar-refractivity contribution in [3.63, 3.8) is 0 Å². The number of nitrogens with zero attached hydrogens (tertiary/aromatic N) is 2. The maximum Gasteiger partial charge on any atom is 0.229 e. The van der Waals surface area contributed by atoms with Crippen LogP contribution in [-0.2, 0) is 16.0 Å². The van der Waals surface area contributed by atoms with E-state index in [1.807, 2.05) is 0 Å². The number of aromatic nitrogens is 2. The van der Waals surface area contributed by atoms with Crippen molar-refractivity contribution in [1.82, 2.24) is 9.36 Å². The van der Waals surface area contributed by atoms with Gasteiger partial charge in [0, 0.05) is 17.5 Å². The average Bonchev–Trinajstić information content (AvgIpc) is 2.90. The number of ketones is 1. The number of carbonyl (C=O) groups is 2. The highest BCUT2D eigenvalue weighted by atomic mass is 32.1. The predicted octanol–water partition coefficient (Wildman–Crippen LogP) is 1.02.